The molecule has 0 amide bonds. The first kappa shape index (κ1) is 14.0. The highest BCUT2D eigenvalue weighted by Gasteiger charge is 2.18. The van der Waals surface area contributed by atoms with E-state index in [0.29, 0.717) is 0 Å². The van der Waals surface area contributed by atoms with Gasteiger partial charge in [-0.15, -0.1) is 0 Å². The van der Waals surface area contributed by atoms with Gasteiger partial charge in [-0.2, -0.15) is 0 Å². The van der Waals surface area contributed by atoms with Gasteiger partial charge in [0, 0.05) is 6.04 Å². The number of rotatable bonds is 6. The van der Waals surface area contributed by atoms with Crippen molar-refractivity contribution in [2.45, 2.75) is 44.0 Å². The Labute approximate surface area is 103 Å². The number of phenols is 1. The van der Waals surface area contributed by atoms with Gasteiger partial charge in [-0.25, -0.2) is 13.1 Å². The van der Waals surface area contributed by atoms with Gasteiger partial charge in [0.1, 0.15) is 5.75 Å². The Morgan fingerprint density at radius 2 is 2.06 bits per heavy atom. The summed E-state index contributed by atoms with van der Waals surface area (Å²) in [4.78, 5) is 0.104. The Morgan fingerprint density at radius 3 is 2.59 bits per heavy atom. The SMILES string of the molecule is CCCC(CC)NS(=O)(=O)c1cccc(O)c1. The third-order valence-corrected chi connectivity index (χ3v) is 4.10. The quantitative estimate of drug-likeness (QED) is 0.821. The molecule has 1 atom stereocenters. The molecule has 0 bridgehead atoms. The van der Waals surface area contributed by atoms with Gasteiger partial charge < -0.3 is 5.11 Å². The number of sulfonamides is 1. The van der Waals surface area contributed by atoms with E-state index in [2.05, 4.69) is 4.72 Å². The van der Waals surface area contributed by atoms with Crippen molar-refractivity contribution in [1.29, 1.82) is 0 Å². The fraction of sp³-hybridized carbons (Fsp3) is 0.500. The molecular weight excluding hydrogens is 238 g/mol. The van der Waals surface area contributed by atoms with Crippen LogP contribution in [-0.2, 0) is 10.0 Å². The van der Waals surface area contributed by atoms with E-state index in [1.165, 1.54) is 24.3 Å². The van der Waals surface area contributed by atoms with E-state index in [0.717, 1.165) is 19.3 Å². The van der Waals surface area contributed by atoms with Crippen LogP contribution in [-0.4, -0.2) is 19.6 Å². The molecule has 0 heterocycles. The summed E-state index contributed by atoms with van der Waals surface area (Å²) >= 11 is 0. The van der Waals surface area contributed by atoms with Gasteiger partial charge >= 0.3 is 0 Å². The normalized spacial score (nSPS) is 13.5. The summed E-state index contributed by atoms with van der Waals surface area (Å²) in [6, 6.07) is 5.64. The number of benzene rings is 1. The molecule has 0 aliphatic heterocycles. The van der Waals surface area contributed by atoms with E-state index >= 15 is 0 Å². The third-order valence-electron chi connectivity index (χ3n) is 2.58. The van der Waals surface area contributed by atoms with E-state index in [4.69, 9.17) is 0 Å². The minimum Gasteiger partial charge on any atom is -0.508 e. The van der Waals surface area contributed by atoms with Crippen LogP contribution in [0.5, 0.6) is 5.75 Å². The average molecular weight is 257 g/mol. The summed E-state index contributed by atoms with van der Waals surface area (Å²) in [7, 11) is -3.53. The van der Waals surface area contributed by atoms with Crippen molar-refractivity contribution in [2.75, 3.05) is 0 Å². The predicted octanol–water partition coefficient (Wildman–Crippen LogP) is 2.25. The maximum Gasteiger partial charge on any atom is 0.240 e. The Hall–Kier alpha value is -1.07. The molecule has 5 heteroatoms. The van der Waals surface area contributed by atoms with Crippen LogP contribution in [0.2, 0.25) is 0 Å². The first-order valence-electron chi connectivity index (χ1n) is 5.81. The highest BCUT2D eigenvalue weighted by molar-refractivity contribution is 7.89. The van der Waals surface area contributed by atoms with Crippen molar-refractivity contribution >= 4 is 10.0 Å². The molecule has 1 unspecified atom stereocenters. The van der Waals surface area contributed by atoms with Gasteiger partial charge in [0.05, 0.1) is 4.90 Å². The van der Waals surface area contributed by atoms with Crippen molar-refractivity contribution in [2.24, 2.45) is 0 Å². The summed E-state index contributed by atoms with van der Waals surface area (Å²) in [5.74, 6) is -0.0450. The van der Waals surface area contributed by atoms with Crippen LogP contribution in [0.25, 0.3) is 0 Å². The molecule has 1 rings (SSSR count). The van der Waals surface area contributed by atoms with Crippen LogP contribution in [0.3, 0.4) is 0 Å². The molecule has 17 heavy (non-hydrogen) atoms. The molecule has 4 nitrogen and oxygen atoms in total. The molecule has 0 saturated heterocycles. The van der Waals surface area contributed by atoms with Crippen LogP contribution in [0, 0.1) is 0 Å². The molecule has 0 saturated carbocycles. The molecule has 0 fully saturated rings. The summed E-state index contributed by atoms with van der Waals surface area (Å²) in [5, 5.41) is 9.28. The van der Waals surface area contributed by atoms with Gasteiger partial charge in [0.2, 0.25) is 10.0 Å². The van der Waals surface area contributed by atoms with Crippen LogP contribution in [0.4, 0.5) is 0 Å². The lowest BCUT2D eigenvalue weighted by Crippen LogP contribution is -2.34. The van der Waals surface area contributed by atoms with Gasteiger partial charge in [0.15, 0.2) is 0 Å². The maximum atomic E-state index is 12.0. The monoisotopic (exact) mass is 257 g/mol. The molecule has 0 spiro atoms. The number of aromatic hydroxyl groups is 1. The Balaban J connectivity index is 2.88. The second kappa shape index (κ2) is 6.02. The second-order valence-corrected chi connectivity index (χ2v) is 5.73. The lowest BCUT2D eigenvalue weighted by molar-refractivity contribution is 0.472. The van der Waals surface area contributed by atoms with Crippen molar-refractivity contribution < 1.29 is 13.5 Å². The van der Waals surface area contributed by atoms with E-state index in [9.17, 15) is 13.5 Å². The van der Waals surface area contributed by atoms with Crippen LogP contribution in [0.1, 0.15) is 33.1 Å². The van der Waals surface area contributed by atoms with Crippen LogP contribution < -0.4 is 4.72 Å². The fourth-order valence-corrected chi connectivity index (χ4v) is 3.03. The highest BCUT2D eigenvalue weighted by Crippen LogP contribution is 2.17. The second-order valence-electron chi connectivity index (χ2n) is 4.01. The summed E-state index contributed by atoms with van der Waals surface area (Å²) in [5.41, 5.74) is 0. The zero-order chi connectivity index (χ0) is 12.9. The lowest BCUT2D eigenvalue weighted by Gasteiger charge is -2.16. The van der Waals surface area contributed by atoms with Gasteiger partial charge in [-0.05, 0) is 31.0 Å². The van der Waals surface area contributed by atoms with Gasteiger partial charge in [-0.3, -0.25) is 0 Å². The van der Waals surface area contributed by atoms with E-state index in [1.807, 2.05) is 13.8 Å². The molecule has 0 aliphatic carbocycles. The first-order chi connectivity index (χ1) is 7.99. The van der Waals surface area contributed by atoms with Crippen molar-refractivity contribution in [3.63, 3.8) is 0 Å². The van der Waals surface area contributed by atoms with Crippen LogP contribution in [0.15, 0.2) is 29.2 Å². The number of nitrogens with one attached hydrogen (secondary N) is 1. The van der Waals surface area contributed by atoms with Crippen molar-refractivity contribution in [1.82, 2.24) is 4.72 Å². The number of hydrogen-bond acceptors (Lipinski definition) is 3. The zero-order valence-electron chi connectivity index (χ0n) is 10.2. The standard InChI is InChI=1S/C12H19NO3S/c1-3-6-10(4-2)13-17(15,16)12-8-5-7-11(14)9-12/h5,7-10,13-14H,3-4,6H2,1-2H3. The molecule has 1 aromatic carbocycles. The maximum absolute atomic E-state index is 12.0. The van der Waals surface area contributed by atoms with Crippen molar-refractivity contribution in [3.05, 3.63) is 24.3 Å². The minimum atomic E-state index is -3.53. The number of phenolic OH excluding ortho intramolecular Hbond substituents is 1. The summed E-state index contributed by atoms with van der Waals surface area (Å²) in [6.07, 6.45) is 2.50. The topological polar surface area (TPSA) is 66.4 Å². The molecule has 96 valence electrons. The van der Waals surface area contributed by atoms with E-state index in [1.54, 1.807) is 0 Å². The Kier molecular flexibility index (Phi) is 4.96. The summed E-state index contributed by atoms with van der Waals surface area (Å²) in [6.45, 7) is 3.97. The molecular formula is C12H19NO3S. The van der Waals surface area contributed by atoms with E-state index < -0.39 is 10.0 Å². The lowest BCUT2D eigenvalue weighted by atomic mass is 10.1. The van der Waals surface area contributed by atoms with Gasteiger partial charge in [-0.1, -0.05) is 26.3 Å². The first-order valence-corrected chi connectivity index (χ1v) is 7.29. The molecule has 0 aromatic heterocycles. The average Bonchev–Trinajstić information content (AvgIpc) is 2.28. The zero-order valence-corrected chi connectivity index (χ0v) is 11.0. The number of hydrogen-bond donors (Lipinski definition) is 2. The highest BCUT2D eigenvalue weighted by atomic mass is 32.2. The fourth-order valence-electron chi connectivity index (χ4n) is 1.63. The largest absolute Gasteiger partial charge is 0.508 e. The van der Waals surface area contributed by atoms with E-state index in [-0.39, 0.29) is 16.7 Å². The molecule has 0 aliphatic rings. The Morgan fingerprint density at radius 1 is 1.35 bits per heavy atom. The smallest absolute Gasteiger partial charge is 0.240 e. The van der Waals surface area contributed by atoms with Crippen LogP contribution >= 0.6 is 0 Å². The van der Waals surface area contributed by atoms with Gasteiger partial charge in [0.25, 0.3) is 0 Å². The Bertz CT molecular complexity index is 457. The minimum absolute atomic E-state index is 0.0450. The molecule has 1 aromatic rings. The third kappa shape index (κ3) is 4.02. The predicted molar refractivity (Wildman–Crippen MR) is 67.4 cm³/mol. The molecule has 2 N–H and O–H groups in total. The summed E-state index contributed by atoms with van der Waals surface area (Å²) < 4.78 is 26.7. The molecule has 0 radical (unpaired) electrons. The van der Waals surface area contributed by atoms with Crippen molar-refractivity contribution in [3.8, 4) is 5.75 Å².